The predicted octanol–water partition coefficient (Wildman–Crippen LogP) is 1.14. The Hall–Kier alpha value is -1.34. The summed E-state index contributed by atoms with van der Waals surface area (Å²) in [5.74, 6) is -0.295. The standard InChI is InChI=1S/C10H17N3O3S/c1-7-5-6-8(14)9(11-7)12-17(15,16)13-10(2,3)4/h5-6,13-14H,1-4H3,(H,11,12). The van der Waals surface area contributed by atoms with Crippen LogP contribution in [0, 0.1) is 6.92 Å². The Labute approximate surface area is 101 Å². The van der Waals surface area contributed by atoms with E-state index in [1.165, 1.54) is 6.07 Å². The average molecular weight is 259 g/mol. The zero-order valence-electron chi connectivity index (χ0n) is 10.3. The lowest BCUT2D eigenvalue weighted by Crippen LogP contribution is -2.43. The maximum atomic E-state index is 11.7. The highest BCUT2D eigenvalue weighted by atomic mass is 32.2. The summed E-state index contributed by atoms with van der Waals surface area (Å²) >= 11 is 0. The third-order valence-corrected chi connectivity index (χ3v) is 3.03. The fourth-order valence-corrected chi connectivity index (χ4v) is 2.44. The second-order valence-corrected chi connectivity index (χ2v) is 6.19. The quantitative estimate of drug-likeness (QED) is 0.759. The van der Waals surface area contributed by atoms with Crippen LogP contribution in [0.5, 0.6) is 5.75 Å². The van der Waals surface area contributed by atoms with Gasteiger partial charge < -0.3 is 5.11 Å². The molecule has 0 spiro atoms. The first-order valence-electron chi connectivity index (χ1n) is 5.07. The molecule has 1 aromatic rings. The molecule has 0 aromatic carbocycles. The van der Waals surface area contributed by atoms with E-state index in [4.69, 9.17) is 0 Å². The van der Waals surface area contributed by atoms with Crippen molar-refractivity contribution in [1.29, 1.82) is 0 Å². The first-order valence-corrected chi connectivity index (χ1v) is 6.56. The summed E-state index contributed by atoms with van der Waals surface area (Å²) in [6.07, 6.45) is 0. The Bertz CT molecular complexity index is 506. The van der Waals surface area contributed by atoms with Crippen molar-refractivity contribution < 1.29 is 13.5 Å². The second kappa shape index (κ2) is 4.50. The molecule has 17 heavy (non-hydrogen) atoms. The Morgan fingerprint density at radius 2 is 1.88 bits per heavy atom. The highest BCUT2D eigenvalue weighted by Gasteiger charge is 2.21. The Balaban J connectivity index is 2.94. The van der Waals surface area contributed by atoms with Crippen LogP contribution in [0.4, 0.5) is 5.82 Å². The number of pyridine rings is 1. The van der Waals surface area contributed by atoms with Crippen LogP contribution in [-0.4, -0.2) is 24.0 Å². The highest BCUT2D eigenvalue weighted by molar-refractivity contribution is 7.90. The van der Waals surface area contributed by atoms with E-state index in [2.05, 4.69) is 14.4 Å². The van der Waals surface area contributed by atoms with Gasteiger partial charge in [0.25, 0.3) is 0 Å². The van der Waals surface area contributed by atoms with E-state index in [0.717, 1.165) is 0 Å². The molecule has 0 amide bonds. The maximum Gasteiger partial charge on any atom is 0.300 e. The largest absolute Gasteiger partial charge is 0.504 e. The van der Waals surface area contributed by atoms with Crippen molar-refractivity contribution in [1.82, 2.24) is 9.71 Å². The van der Waals surface area contributed by atoms with Crippen LogP contribution < -0.4 is 9.44 Å². The number of rotatable bonds is 3. The molecule has 0 saturated heterocycles. The molecule has 7 heteroatoms. The molecular formula is C10H17N3O3S. The normalized spacial score (nSPS) is 12.5. The molecule has 6 nitrogen and oxygen atoms in total. The first-order chi connectivity index (χ1) is 7.59. The Morgan fingerprint density at radius 1 is 1.29 bits per heavy atom. The molecule has 1 rings (SSSR count). The first kappa shape index (κ1) is 13.7. The topological polar surface area (TPSA) is 91.3 Å². The van der Waals surface area contributed by atoms with Crippen molar-refractivity contribution >= 4 is 16.0 Å². The van der Waals surface area contributed by atoms with Crippen LogP contribution in [0.25, 0.3) is 0 Å². The Morgan fingerprint density at radius 3 is 2.41 bits per heavy atom. The molecule has 1 heterocycles. The van der Waals surface area contributed by atoms with Gasteiger partial charge in [-0.25, -0.2) is 4.98 Å². The summed E-state index contributed by atoms with van der Waals surface area (Å²) < 4.78 is 28.0. The molecule has 0 atom stereocenters. The number of nitrogens with one attached hydrogen (secondary N) is 2. The Kier molecular flexibility index (Phi) is 3.63. The van der Waals surface area contributed by atoms with Crippen molar-refractivity contribution in [3.05, 3.63) is 17.8 Å². The molecule has 0 bridgehead atoms. The summed E-state index contributed by atoms with van der Waals surface area (Å²) in [6, 6.07) is 2.97. The fourth-order valence-electron chi connectivity index (χ4n) is 1.18. The van der Waals surface area contributed by atoms with Gasteiger partial charge in [0, 0.05) is 11.2 Å². The maximum absolute atomic E-state index is 11.7. The molecule has 0 saturated carbocycles. The predicted molar refractivity (Wildman–Crippen MR) is 66.1 cm³/mol. The van der Waals surface area contributed by atoms with Crippen molar-refractivity contribution in [3.8, 4) is 5.75 Å². The number of hydrogen-bond acceptors (Lipinski definition) is 4. The SMILES string of the molecule is Cc1ccc(O)c(NS(=O)(=O)NC(C)(C)C)n1. The molecule has 0 fully saturated rings. The van der Waals surface area contributed by atoms with E-state index >= 15 is 0 Å². The van der Waals surface area contributed by atoms with Crippen LogP contribution in [0.15, 0.2) is 12.1 Å². The molecular weight excluding hydrogens is 242 g/mol. The number of hydrogen-bond donors (Lipinski definition) is 3. The third kappa shape index (κ3) is 4.58. The van der Waals surface area contributed by atoms with Crippen LogP contribution in [0.2, 0.25) is 0 Å². The molecule has 3 N–H and O–H groups in total. The van der Waals surface area contributed by atoms with Crippen LogP contribution in [0.1, 0.15) is 26.5 Å². The van der Waals surface area contributed by atoms with Crippen molar-refractivity contribution in [3.63, 3.8) is 0 Å². The molecule has 0 unspecified atom stereocenters. The molecule has 96 valence electrons. The van der Waals surface area contributed by atoms with Gasteiger partial charge in [-0.3, -0.25) is 4.72 Å². The van der Waals surface area contributed by atoms with E-state index < -0.39 is 15.7 Å². The van der Waals surface area contributed by atoms with Gasteiger partial charge in [0.2, 0.25) is 0 Å². The number of nitrogens with zero attached hydrogens (tertiary/aromatic N) is 1. The molecule has 0 aliphatic carbocycles. The van der Waals surface area contributed by atoms with Crippen molar-refractivity contribution in [2.45, 2.75) is 33.2 Å². The van der Waals surface area contributed by atoms with Gasteiger partial charge in [-0.15, -0.1) is 0 Å². The molecule has 0 radical (unpaired) electrons. The second-order valence-electron chi connectivity index (χ2n) is 4.78. The average Bonchev–Trinajstić information content (AvgIpc) is 2.06. The lowest BCUT2D eigenvalue weighted by atomic mass is 10.1. The van der Waals surface area contributed by atoms with Gasteiger partial charge >= 0.3 is 10.2 Å². The van der Waals surface area contributed by atoms with Crippen LogP contribution >= 0.6 is 0 Å². The van der Waals surface area contributed by atoms with Gasteiger partial charge in [-0.05, 0) is 39.8 Å². The van der Waals surface area contributed by atoms with Gasteiger partial charge in [0.05, 0.1) is 0 Å². The number of aromatic nitrogens is 1. The number of aromatic hydroxyl groups is 1. The summed E-state index contributed by atoms with van der Waals surface area (Å²) in [5.41, 5.74) is 0.00177. The lowest BCUT2D eigenvalue weighted by Gasteiger charge is -2.20. The van der Waals surface area contributed by atoms with E-state index in [-0.39, 0.29) is 11.6 Å². The zero-order chi connectivity index (χ0) is 13.3. The van der Waals surface area contributed by atoms with Crippen LogP contribution in [-0.2, 0) is 10.2 Å². The third-order valence-electron chi connectivity index (χ3n) is 1.68. The minimum atomic E-state index is -3.75. The monoisotopic (exact) mass is 259 g/mol. The number of anilines is 1. The summed E-state index contributed by atoms with van der Waals surface area (Å²) in [6.45, 7) is 6.86. The number of aryl methyl sites for hydroxylation is 1. The van der Waals surface area contributed by atoms with Crippen LogP contribution in [0.3, 0.4) is 0 Å². The highest BCUT2D eigenvalue weighted by Crippen LogP contribution is 2.21. The van der Waals surface area contributed by atoms with E-state index in [9.17, 15) is 13.5 Å². The minimum Gasteiger partial charge on any atom is -0.504 e. The van der Waals surface area contributed by atoms with Crippen molar-refractivity contribution in [2.75, 3.05) is 4.72 Å². The van der Waals surface area contributed by atoms with Crippen molar-refractivity contribution in [2.24, 2.45) is 0 Å². The van der Waals surface area contributed by atoms with E-state index in [1.54, 1.807) is 33.8 Å². The lowest BCUT2D eigenvalue weighted by molar-refractivity contribution is 0.473. The molecule has 1 aromatic heterocycles. The van der Waals surface area contributed by atoms with Gasteiger partial charge in [-0.2, -0.15) is 13.1 Å². The minimum absolute atomic E-state index is 0.0817. The van der Waals surface area contributed by atoms with E-state index in [1.807, 2.05) is 0 Å². The zero-order valence-corrected chi connectivity index (χ0v) is 11.1. The van der Waals surface area contributed by atoms with Gasteiger partial charge in [0.15, 0.2) is 11.6 Å². The smallest absolute Gasteiger partial charge is 0.300 e. The van der Waals surface area contributed by atoms with Gasteiger partial charge in [-0.1, -0.05) is 0 Å². The molecule has 0 aliphatic heterocycles. The van der Waals surface area contributed by atoms with Gasteiger partial charge in [0.1, 0.15) is 0 Å². The summed E-state index contributed by atoms with van der Waals surface area (Å²) in [7, 11) is -3.75. The molecule has 0 aliphatic rings. The fraction of sp³-hybridized carbons (Fsp3) is 0.500. The summed E-state index contributed by atoms with van der Waals surface area (Å²) in [5, 5.41) is 9.48. The summed E-state index contributed by atoms with van der Waals surface area (Å²) in [4.78, 5) is 3.91. The van der Waals surface area contributed by atoms with E-state index in [0.29, 0.717) is 5.69 Å².